The second-order valence-corrected chi connectivity index (χ2v) is 6.22. The Morgan fingerprint density at radius 1 is 1.22 bits per heavy atom. The number of aryl methyl sites for hydroxylation is 1. The van der Waals surface area contributed by atoms with Crippen LogP contribution in [-0.2, 0) is 11.2 Å². The molecule has 0 radical (unpaired) electrons. The van der Waals surface area contributed by atoms with Gasteiger partial charge in [0.2, 0.25) is 0 Å². The lowest BCUT2D eigenvalue weighted by Gasteiger charge is -2.30. The van der Waals surface area contributed by atoms with Crippen LogP contribution in [0.15, 0.2) is 48.5 Å². The molecule has 0 aromatic heterocycles. The molecule has 3 rings (SSSR count). The van der Waals surface area contributed by atoms with Gasteiger partial charge in [0.1, 0.15) is 11.9 Å². The first kappa shape index (κ1) is 15.7. The zero-order chi connectivity index (χ0) is 16.2. The van der Waals surface area contributed by atoms with Crippen LogP contribution in [0.25, 0.3) is 0 Å². The standard InChI is InChI=1S/C19H21FN2O/c1-22(13-19(23)21-16-11-9-15(20)10-12-16)18-8-4-6-14-5-2-3-7-17(14)18/h2-3,5,7,9-12,18H,4,6,8,13H2,1H3,(H,21,23)/p+1/t18-/m1/s1. The van der Waals surface area contributed by atoms with E-state index in [0.29, 0.717) is 18.3 Å². The molecule has 2 aromatic rings. The van der Waals surface area contributed by atoms with Crippen molar-refractivity contribution in [2.24, 2.45) is 0 Å². The van der Waals surface area contributed by atoms with Crippen LogP contribution >= 0.6 is 0 Å². The number of halogens is 1. The van der Waals surface area contributed by atoms with Gasteiger partial charge in [0.15, 0.2) is 6.54 Å². The first-order valence-corrected chi connectivity index (χ1v) is 8.09. The molecule has 3 nitrogen and oxygen atoms in total. The maximum atomic E-state index is 12.9. The van der Waals surface area contributed by atoms with E-state index >= 15 is 0 Å². The highest BCUT2D eigenvalue weighted by Gasteiger charge is 2.27. The number of fused-ring (bicyclic) bond motifs is 1. The molecule has 1 aliphatic carbocycles. The van der Waals surface area contributed by atoms with Gasteiger partial charge in [-0.1, -0.05) is 24.3 Å². The summed E-state index contributed by atoms with van der Waals surface area (Å²) in [5.41, 5.74) is 3.40. The van der Waals surface area contributed by atoms with E-state index in [1.807, 2.05) is 0 Å². The Morgan fingerprint density at radius 3 is 2.74 bits per heavy atom. The molecule has 23 heavy (non-hydrogen) atoms. The summed E-state index contributed by atoms with van der Waals surface area (Å²) in [6, 6.07) is 14.7. The fraction of sp³-hybridized carbons (Fsp3) is 0.316. The van der Waals surface area contributed by atoms with Crippen molar-refractivity contribution in [3.8, 4) is 0 Å². The summed E-state index contributed by atoms with van der Waals surface area (Å²) in [5.74, 6) is -0.346. The van der Waals surface area contributed by atoms with Gasteiger partial charge >= 0.3 is 0 Å². The summed E-state index contributed by atoms with van der Waals surface area (Å²) in [5, 5.41) is 2.84. The minimum atomic E-state index is -0.301. The fourth-order valence-corrected chi connectivity index (χ4v) is 3.38. The summed E-state index contributed by atoms with van der Waals surface area (Å²) < 4.78 is 12.9. The molecule has 0 spiro atoms. The molecule has 1 aliphatic rings. The molecule has 2 atom stereocenters. The van der Waals surface area contributed by atoms with E-state index < -0.39 is 0 Å². The third kappa shape index (κ3) is 3.77. The van der Waals surface area contributed by atoms with Crippen LogP contribution in [0.5, 0.6) is 0 Å². The molecule has 0 aliphatic heterocycles. The van der Waals surface area contributed by atoms with Crippen molar-refractivity contribution in [1.29, 1.82) is 0 Å². The lowest BCUT2D eigenvalue weighted by atomic mass is 9.87. The number of anilines is 1. The second-order valence-electron chi connectivity index (χ2n) is 6.22. The maximum absolute atomic E-state index is 12.9. The zero-order valence-corrected chi connectivity index (χ0v) is 13.3. The highest BCUT2D eigenvalue weighted by molar-refractivity contribution is 5.91. The van der Waals surface area contributed by atoms with Crippen LogP contribution < -0.4 is 10.2 Å². The molecule has 120 valence electrons. The first-order valence-electron chi connectivity index (χ1n) is 8.09. The number of nitrogens with one attached hydrogen (secondary N) is 2. The number of hydrogen-bond acceptors (Lipinski definition) is 1. The molecule has 1 unspecified atom stereocenters. The summed E-state index contributed by atoms with van der Waals surface area (Å²) in [4.78, 5) is 13.4. The number of benzene rings is 2. The molecule has 0 saturated heterocycles. The van der Waals surface area contributed by atoms with E-state index in [1.54, 1.807) is 12.1 Å². The largest absolute Gasteiger partial charge is 0.323 e. The Labute approximate surface area is 136 Å². The smallest absolute Gasteiger partial charge is 0.279 e. The average molecular weight is 313 g/mol. The van der Waals surface area contributed by atoms with Gasteiger partial charge in [-0.25, -0.2) is 4.39 Å². The highest BCUT2D eigenvalue weighted by atomic mass is 19.1. The van der Waals surface area contributed by atoms with Crippen LogP contribution in [0.3, 0.4) is 0 Å². The normalized spacial score (nSPS) is 18.1. The van der Waals surface area contributed by atoms with Crippen molar-refractivity contribution < 1.29 is 14.1 Å². The Balaban J connectivity index is 1.64. The van der Waals surface area contributed by atoms with Crippen molar-refractivity contribution >= 4 is 11.6 Å². The van der Waals surface area contributed by atoms with Gasteiger partial charge in [-0.3, -0.25) is 4.79 Å². The summed E-state index contributed by atoms with van der Waals surface area (Å²) >= 11 is 0. The molecule has 0 fully saturated rings. The van der Waals surface area contributed by atoms with Gasteiger partial charge in [0.05, 0.1) is 7.05 Å². The number of likely N-dealkylation sites (N-methyl/N-ethyl adjacent to an activating group) is 1. The molecule has 2 aromatic carbocycles. The van der Waals surface area contributed by atoms with E-state index in [2.05, 4.69) is 36.6 Å². The van der Waals surface area contributed by atoms with Gasteiger partial charge in [-0.2, -0.15) is 0 Å². The zero-order valence-electron chi connectivity index (χ0n) is 13.3. The van der Waals surface area contributed by atoms with Crippen molar-refractivity contribution in [2.45, 2.75) is 25.3 Å². The molecular formula is C19H22FN2O+. The van der Waals surface area contributed by atoms with Crippen molar-refractivity contribution in [3.63, 3.8) is 0 Å². The van der Waals surface area contributed by atoms with Crippen LogP contribution in [0.1, 0.15) is 30.0 Å². The van der Waals surface area contributed by atoms with Crippen molar-refractivity contribution in [2.75, 3.05) is 18.9 Å². The van der Waals surface area contributed by atoms with Gasteiger partial charge < -0.3 is 10.2 Å². The summed E-state index contributed by atoms with van der Waals surface area (Å²) in [7, 11) is 2.07. The van der Waals surface area contributed by atoms with E-state index in [4.69, 9.17) is 0 Å². The molecule has 0 heterocycles. The molecule has 1 amide bonds. The molecular weight excluding hydrogens is 291 g/mol. The van der Waals surface area contributed by atoms with E-state index in [1.165, 1.54) is 34.6 Å². The topological polar surface area (TPSA) is 33.5 Å². The number of carbonyl (C=O) groups is 1. The molecule has 4 heteroatoms. The quantitative estimate of drug-likeness (QED) is 0.892. The predicted octanol–water partition coefficient (Wildman–Crippen LogP) is 2.36. The van der Waals surface area contributed by atoms with Gasteiger partial charge in [-0.05, 0) is 42.7 Å². The lowest BCUT2D eigenvalue weighted by Crippen LogP contribution is -3.10. The molecule has 0 bridgehead atoms. The van der Waals surface area contributed by atoms with Crippen molar-refractivity contribution in [1.82, 2.24) is 0 Å². The van der Waals surface area contributed by atoms with Crippen LogP contribution in [-0.4, -0.2) is 19.5 Å². The number of carbonyl (C=O) groups excluding carboxylic acids is 1. The lowest BCUT2D eigenvalue weighted by molar-refractivity contribution is -0.905. The second kappa shape index (κ2) is 6.92. The number of amides is 1. The SMILES string of the molecule is C[NH+](CC(=O)Nc1ccc(F)cc1)[C@@H]1CCCc2ccccc21. The number of rotatable bonds is 4. The van der Waals surface area contributed by atoms with E-state index in [9.17, 15) is 9.18 Å². The average Bonchev–Trinajstić information content (AvgIpc) is 2.56. The third-order valence-corrected chi connectivity index (χ3v) is 4.53. The van der Waals surface area contributed by atoms with Gasteiger partial charge in [-0.15, -0.1) is 0 Å². The van der Waals surface area contributed by atoms with Gasteiger partial charge in [0, 0.05) is 17.7 Å². The van der Waals surface area contributed by atoms with E-state index in [-0.39, 0.29) is 11.7 Å². The van der Waals surface area contributed by atoms with Gasteiger partial charge in [0.25, 0.3) is 5.91 Å². The number of quaternary nitrogens is 1. The van der Waals surface area contributed by atoms with E-state index in [0.717, 1.165) is 12.8 Å². The third-order valence-electron chi connectivity index (χ3n) is 4.53. The fourth-order valence-electron chi connectivity index (χ4n) is 3.38. The highest BCUT2D eigenvalue weighted by Crippen LogP contribution is 2.27. The molecule has 2 N–H and O–H groups in total. The predicted molar refractivity (Wildman–Crippen MR) is 88.9 cm³/mol. The monoisotopic (exact) mass is 313 g/mol. The van der Waals surface area contributed by atoms with Crippen LogP contribution in [0.2, 0.25) is 0 Å². The summed E-state index contributed by atoms with van der Waals surface area (Å²) in [6.07, 6.45) is 3.40. The Bertz CT molecular complexity index is 684. The van der Waals surface area contributed by atoms with Crippen molar-refractivity contribution in [3.05, 3.63) is 65.5 Å². The Kier molecular flexibility index (Phi) is 4.72. The van der Waals surface area contributed by atoms with Crippen LogP contribution in [0.4, 0.5) is 10.1 Å². The van der Waals surface area contributed by atoms with Crippen LogP contribution in [0, 0.1) is 5.82 Å². The molecule has 0 saturated carbocycles. The Morgan fingerprint density at radius 2 is 1.96 bits per heavy atom. The summed E-state index contributed by atoms with van der Waals surface area (Å²) in [6.45, 7) is 0.399. The minimum absolute atomic E-state index is 0.0443. The number of hydrogen-bond donors (Lipinski definition) is 2. The minimum Gasteiger partial charge on any atom is -0.323 e. The maximum Gasteiger partial charge on any atom is 0.279 e. The Hall–Kier alpha value is -2.20. The first-order chi connectivity index (χ1) is 11.1.